The van der Waals surface area contributed by atoms with Gasteiger partial charge in [-0.25, -0.2) is 0 Å². The SMILES string of the molecule is C1CCCCC1.ON=C1CCCCC1. The molecule has 2 aliphatic carbocycles. The zero-order valence-electron chi connectivity index (χ0n) is 9.17. The second-order valence-corrected chi connectivity index (χ2v) is 4.35. The molecule has 0 aliphatic heterocycles. The Balaban J connectivity index is 0.000000146. The summed E-state index contributed by atoms with van der Waals surface area (Å²) >= 11 is 0. The zero-order valence-corrected chi connectivity index (χ0v) is 9.17. The molecule has 2 rings (SSSR count). The monoisotopic (exact) mass is 197 g/mol. The summed E-state index contributed by atoms with van der Waals surface area (Å²) in [4.78, 5) is 0. The van der Waals surface area contributed by atoms with Crippen LogP contribution in [0.1, 0.15) is 70.6 Å². The Bertz CT molecular complexity index is 142. The van der Waals surface area contributed by atoms with Gasteiger partial charge in [-0.2, -0.15) is 0 Å². The highest BCUT2D eigenvalue weighted by atomic mass is 16.4. The number of rotatable bonds is 0. The minimum Gasteiger partial charge on any atom is -0.411 e. The van der Waals surface area contributed by atoms with Crippen LogP contribution in [-0.4, -0.2) is 10.9 Å². The Kier molecular flexibility index (Phi) is 6.46. The molecule has 0 aromatic heterocycles. The van der Waals surface area contributed by atoms with E-state index in [1.807, 2.05) is 0 Å². The number of oxime groups is 1. The van der Waals surface area contributed by atoms with Gasteiger partial charge >= 0.3 is 0 Å². The van der Waals surface area contributed by atoms with Crippen molar-refractivity contribution in [2.75, 3.05) is 0 Å². The van der Waals surface area contributed by atoms with Crippen LogP contribution in [0.4, 0.5) is 0 Å². The predicted molar refractivity (Wildman–Crippen MR) is 60.0 cm³/mol. The highest BCUT2D eigenvalue weighted by molar-refractivity contribution is 5.84. The highest BCUT2D eigenvalue weighted by Crippen LogP contribution is 2.15. The third kappa shape index (κ3) is 5.25. The molecule has 0 saturated heterocycles. The van der Waals surface area contributed by atoms with Gasteiger partial charge < -0.3 is 5.21 Å². The van der Waals surface area contributed by atoms with Gasteiger partial charge in [0, 0.05) is 0 Å². The summed E-state index contributed by atoms with van der Waals surface area (Å²) in [5.41, 5.74) is 0.983. The van der Waals surface area contributed by atoms with Gasteiger partial charge in [-0.15, -0.1) is 0 Å². The van der Waals surface area contributed by atoms with E-state index in [4.69, 9.17) is 5.21 Å². The molecule has 2 fully saturated rings. The predicted octanol–water partition coefficient (Wildman–Crippen LogP) is 4.12. The molecule has 1 N–H and O–H groups in total. The molecule has 0 heterocycles. The van der Waals surface area contributed by atoms with Crippen molar-refractivity contribution in [3.63, 3.8) is 0 Å². The van der Waals surface area contributed by atoms with Gasteiger partial charge in [0.15, 0.2) is 0 Å². The van der Waals surface area contributed by atoms with Crippen molar-refractivity contribution in [2.24, 2.45) is 5.16 Å². The van der Waals surface area contributed by atoms with E-state index in [9.17, 15) is 0 Å². The molecule has 2 nitrogen and oxygen atoms in total. The standard InChI is InChI=1S/C6H11NO.C6H12/c8-7-6-4-2-1-3-5-6;1-2-4-6-5-3-1/h8H,1-5H2;1-6H2. The Morgan fingerprint density at radius 1 is 0.643 bits per heavy atom. The van der Waals surface area contributed by atoms with Crippen LogP contribution in [0.25, 0.3) is 0 Å². The maximum Gasteiger partial charge on any atom is 0.0570 e. The van der Waals surface area contributed by atoms with Crippen molar-refractivity contribution in [3.8, 4) is 0 Å². The topological polar surface area (TPSA) is 32.6 Å². The summed E-state index contributed by atoms with van der Waals surface area (Å²) in [6, 6.07) is 0. The van der Waals surface area contributed by atoms with Crippen molar-refractivity contribution in [1.82, 2.24) is 0 Å². The van der Waals surface area contributed by atoms with Crippen LogP contribution >= 0.6 is 0 Å². The summed E-state index contributed by atoms with van der Waals surface area (Å²) in [5, 5.41) is 11.4. The van der Waals surface area contributed by atoms with E-state index in [-0.39, 0.29) is 0 Å². The summed E-state index contributed by atoms with van der Waals surface area (Å²) in [6.45, 7) is 0. The van der Waals surface area contributed by atoms with Gasteiger partial charge in [0.25, 0.3) is 0 Å². The van der Waals surface area contributed by atoms with Crippen molar-refractivity contribution in [3.05, 3.63) is 0 Å². The van der Waals surface area contributed by atoms with Crippen molar-refractivity contribution in [2.45, 2.75) is 70.6 Å². The molecule has 0 atom stereocenters. The van der Waals surface area contributed by atoms with Gasteiger partial charge in [0.2, 0.25) is 0 Å². The van der Waals surface area contributed by atoms with Crippen LogP contribution in [-0.2, 0) is 0 Å². The van der Waals surface area contributed by atoms with E-state index in [0.717, 1.165) is 18.6 Å². The minimum absolute atomic E-state index is 0.983. The maximum absolute atomic E-state index is 8.28. The van der Waals surface area contributed by atoms with Crippen molar-refractivity contribution < 1.29 is 5.21 Å². The van der Waals surface area contributed by atoms with Gasteiger partial charge in [-0.3, -0.25) is 0 Å². The molecule has 82 valence electrons. The van der Waals surface area contributed by atoms with Gasteiger partial charge in [0.05, 0.1) is 5.71 Å². The van der Waals surface area contributed by atoms with Crippen LogP contribution in [0.15, 0.2) is 5.16 Å². The van der Waals surface area contributed by atoms with E-state index in [1.54, 1.807) is 0 Å². The molecule has 14 heavy (non-hydrogen) atoms. The minimum atomic E-state index is 0.983. The van der Waals surface area contributed by atoms with E-state index < -0.39 is 0 Å². The summed E-state index contributed by atoms with van der Waals surface area (Å²) in [7, 11) is 0. The van der Waals surface area contributed by atoms with Crippen LogP contribution in [0, 0.1) is 0 Å². The first-order chi connectivity index (χ1) is 6.93. The Morgan fingerprint density at radius 2 is 1.00 bits per heavy atom. The lowest BCUT2D eigenvalue weighted by molar-refractivity contribution is 0.314. The molecule has 0 spiro atoms. The van der Waals surface area contributed by atoms with Crippen LogP contribution < -0.4 is 0 Å². The van der Waals surface area contributed by atoms with E-state index >= 15 is 0 Å². The number of nitrogens with zero attached hydrogens (tertiary/aromatic N) is 1. The Labute approximate surface area is 87.4 Å². The average Bonchev–Trinajstić information content (AvgIpc) is 2.33. The molecular weight excluding hydrogens is 174 g/mol. The molecule has 0 aromatic rings. The summed E-state index contributed by atoms with van der Waals surface area (Å²) in [6.07, 6.45) is 14.7. The second kappa shape index (κ2) is 7.84. The summed E-state index contributed by atoms with van der Waals surface area (Å²) < 4.78 is 0. The molecule has 2 saturated carbocycles. The molecular formula is C12H23NO. The van der Waals surface area contributed by atoms with Crippen LogP contribution in [0.5, 0.6) is 0 Å². The van der Waals surface area contributed by atoms with E-state index in [0.29, 0.717) is 0 Å². The fourth-order valence-electron chi connectivity index (χ4n) is 2.12. The molecule has 0 amide bonds. The molecule has 0 unspecified atom stereocenters. The van der Waals surface area contributed by atoms with Gasteiger partial charge in [0.1, 0.15) is 0 Å². The molecule has 0 aromatic carbocycles. The highest BCUT2D eigenvalue weighted by Gasteiger charge is 2.05. The van der Waals surface area contributed by atoms with E-state index in [1.165, 1.54) is 57.8 Å². The second-order valence-electron chi connectivity index (χ2n) is 4.35. The van der Waals surface area contributed by atoms with Gasteiger partial charge in [-0.1, -0.05) is 50.1 Å². The third-order valence-electron chi connectivity index (χ3n) is 3.07. The first-order valence-electron chi connectivity index (χ1n) is 6.13. The van der Waals surface area contributed by atoms with Crippen LogP contribution in [0.3, 0.4) is 0 Å². The lowest BCUT2D eigenvalue weighted by Gasteiger charge is -2.08. The summed E-state index contributed by atoms with van der Waals surface area (Å²) in [5.74, 6) is 0. The fourth-order valence-corrected chi connectivity index (χ4v) is 2.12. The quantitative estimate of drug-likeness (QED) is 0.460. The largest absolute Gasteiger partial charge is 0.411 e. The lowest BCUT2D eigenvalue weighted by Crippen LogP contribution is -2.03. The molecule has 2 aliphatic rings. The molecule has 0 radical (unpaired) electrons. The normalized spacial score (nSPS) is 22.1. The lowest BCUT2D eigenvalue weighted by atomic mass is 9.99. The first-order valence-corrected chi connectivity index (χ1v) is 6.13. The average molecular weight is 197 g/mol. The van der Waals surface area contributed by atoms with Crippen LogP contribution in [0.2, 0.25) is 0 Å². The van der Waals surface area contributed by atoms with Crippen molar-refractivity contribution >= 4 is 5.71 Å². The molecule has 2 heteroatoms. The Hall–Kier alpha value is -0.530. The first kappa shape index (κ1) is 11.5. The Morgan fingerprint density at radius 3 is 1.29 bits per heavy atom. The number of hydrogen-bond acceptors (Lipinski definition) is 2. The smallest absolute Gasteiger partial charge is 0.0570 e. The van der Waals surface area contributed by atoms with Gasteiger partial charge in [-0.05, 0) is 25.7 Å². The fraction of sp³-hybridized carbons (Fsp3) is 0.917. The zero-order chi connectivity index (χ0) is 10.1. The maximum atomic E-state index is 8.28. The number of hydrogen-bond donors (Lipinski definition) is 1. The third-order valence-corrected chi connectivity index (χ3v) is 3.07. The van der Waals surface area contributed by atoms with Crippen molar-refractivity contribution in [1.29, 1.82) is 0 Å². The molecule has 0 bridgehead atoms. The van der Waals surface area contributed by atoms with E-state index in [2.05, 4.69) is 5.16 Å².